The Balaban J connectivity index is 0. The van der Waals surface area contributed by atoms with E-state index >= 15 is 0 Å². The van der Waals surface area contributed by atoms with Gasteiger partial charge in [0.15, 0.2) is 0 Å². The first kappa shape index (κ1) is 17.4. The maximum Gasteiger partial charge on any atom is 0.397 e. The number of carbonyl (C=O) groups is 1. The molecule has 0 spiro atoms. The summed E-state index contributed by atoms with van der Waals surface area (Å²) in [5.74, 6) is -0.481. The number of hydrogen-bond acceptors (Lipinski definition) is 5. The zero-order chi connectivity index (χ0) is 13.2. The van der Waals surface area contributed by atoms with E-state index in [0.29, 0.717) is 6.42 Å². The summed E-state index contributed by atoms with van der Waals surface area (Å²) in [7, 11) is -0.504. The van der Waals surface area contributed by atoms with E-state index in [4.69, 9.17) is 4.55 Å². The molecule has 0 unspecified atom stereocenters. The third kappa shape index (κ3) is 23.1. The second-order valence-electron chi connectivity index (χ2n) is 3.01. The third-order valence-electron chi connectivity index (χ3n) is 1.18. The van der Waals surface area contributed by atoms with E-state index in [-0.39, 0.29) is 6.61 Å². The molecule has 0 radical (unpaired) electrons. The van der Waals surface area contributed by atoms with Crippen molar-refractivity contribution in [2.75, 3.05) is 27.2 Å². The second kappa shape index (κ2) is 9.28. The first-order chi connectivity index (χ1) is 7.19. The fraction of sp³-hybridized carbons (Fsp3) is 0.625. The van der Waals surface area contributed by atoms with Crippen LogP contribution in [0, 0.1) is 0 Å². The van der Waals surface area contributed by atoms with Gasteiger partial charge in [-0.05, 0) is 33.1 Å². The van der Waals surface area contributed by atoms with Gasteiger partial charge in [-0.3, -0.25) is 9.35 Å². The average molecular weight is 254 g/mol. The average Bonchev–Trinajstić information content (AvgIpc) is 2.12. The lowest BCUT2D eigenvalue weighted by molar-refractivity contribution is -0.113. The van der Waals surface area contributed by atoms with Gasteiger partial charge in [0, 0.05) is 0 Å². The molecule has 0 aromatic carbocycles. The van der Waals surface area contributed by atoms with E-state index in [1.54, 1.807) is 0 Å². The molecule has 0 aromatic heterocycles. The highest BCUT2D eigenvalue weighted by atomic mass is 32.3. The molecule has 0 saturated carbocycles. The van der Waals surface area contributed by atoms with Crippen LogP contribution in [0.1, 0.15) is 6.42 Å². The molecule has 7 nitrogen and oxygen atoms in total. The highest BCUT2D eigenvalue weighted by Gasteiger charge is 2.02. The zero-order valence-corrected chi connectivity index (χ0v) is 10.2. The van der Waals surface area contributed by atoms with Gasteiger partial charge in [0.25, 0.3) is 0 Å². The van der Waals surface area contributed by atoms with Crippen LogP contribution in [-0.2, 0) is 19.4 Å². The first-order valence-corrected chi connectivity index (χ1v) is 5.74. The molecule has 0 aromatic rings. The van der Waals surface area contributed by atoms with Crippen molar-refractivity contribution in [2.24, 2.45) is 5.73 Å². The lowest BCUT2D eigenvalue weighted by atomic mass is 10.4. The molecular formula is C8H18N2O5S. The van der Waals surface area contributed by atoms with Crippen molar-refractivity contribution in [1.82, 2.24) is 4.90 Å². The van der Waals surface area contributed by atoms with Crippen LogP contribution in [0.3, 0.4) is 0 Å². The smallest absolute Gasteiger partial charge is 0.366 e. The maximum atomic E-state index is 10.00. The number of hydrogen-bond donors (Lipinski definition) is 2. The summed E-state index contributed by atoms with van der Waals surface area (Å²) in [6.07, 6.45) is 1.63. The minimum Gasteiger partial charge on any atom is -0.366 e. The van der Waals surface area contributed by atoms with Crippen LogP contribution in [-0.4, -0.2) is 51.0 Å². The summed E-state index contributed by atoms with van der Waals surface area (Å²) < 4.78 is 32.2. The zero-order valence-electron chi connectivity index (χ0n) is 9.42. The Morgan fingerprint density at radius 1 is 1.56 bits per heavy atom. The van der Waals surface area contributed by atoms with Crippen LogP contribution >= 0.6 is 0 Å². The number of carbonyl (C=O) groups excluding carboxylic acids is 1. The van der Waals surface area contributed by atoms with Crippen molar-refractivity contribution >= 4 is 16.3 Å². The summed E-state index contributed by atoms with van der Waals surface area (Å²) in [5.41, 5.74) is 4.53. The second-order valence-corrected chi connectivity index (χ2v) is 4.10. The Morgan fingerprint density at radius 3 is 2.25 bits per heavy atom. The van der Waals surface area contributed by atoms with E-state index in [9.17, 15) is 13.2 Å². The Kier molecular flexibility index (Phi) is 10.1. The SMILES string of the molecule is C=CC(N)=O.CN(C)CCCOS(=O)(=O)O. The Hall–Kier alpha value is -0.960. The Morgan fingerprint density at radius 2 is 2.00 bits per heavy atom. The van der Waals surface area contributed by atoms with Crippen molar-refractivity contribution in [3.05, 3.63) is 12.7 Å². The summed E-state index contributed by atoms with van der Waals surface area (Å²) >= 11 is 0. The van der Waals surface area contributed by atoms with Gasteiger partial charge in [-0.1, -0.05) is 6.58 Å². The topological polar surface area (TPSA) is 110 Å². The molecule has 0 rings (SSSR count). The lowest BCUT2D eigenvalue weighted by Crippen LogP contribution is -2.16. The molecule has 96 valence electrons. The van der Waals surface area contributed by atoms with Gasteiger partial charge >= 0.3 is 10.4 Å². The number of rotatable bonds is 6. The van der Waals surface area contributed by atoms with Crippen molar-refractivity contribution in [3.8, 4) is 0 Å². The molecule has 3 N–H and O–H groups in total. The van der Waals surface area contributed by atoms with Gasteiger partial charge in [0.1, 0.15) is 0 Å². The van der Waals surface area contributed by atoms with Crippen molar-refractivity contribution < 1.29 is 21.9 Å². The molecular weight excluding hydrogens is 236 g/mol. The maximum absolute atomic E-state index is 10.00. The van der Waals surface area contributed by atoms with Crippen molar-refractivity contribution in [2.45, 2.75) is 6.42 Å². The van der Waals surface area contributed by atoms with Crippen molar-refractivity contribution in [3.63, 3.8) is 0 Å². The van der Waals surface area contributed by atoms with Crippen LogP contribution in [0.25, 0.3) is 0 Å². The van der Waals surface area contributed by atoms with E-state index in [1.807, 2.05) is 19.0 Å². The molecule has 0 bridgehead atoms. The van der Waals surface area contributed by atoms with Gasteiger partial charge in [-0.25, -0.2) is 4.18 Å². The minimum atomic E-state index is -4.24. The Labute approximate surface area is 95.8 Å². The van der Waals surface area contributed by atoms with E-state index in [2.05, 4.69) is 16.5 Å². The molecule has 0 aliphatic rings. The summed E-state index contributed by atoms with van der Waals surface area (Å²) in [6.45, 7) is 3.84. The molecule has 0 aliphatic carbocycles. The molecule has 0 aliphatic heterocycles. The van der Waals surface area contributed by atoms with E-state index in [0.717, 1.165) is 12.6 Å². The predicted octanol–water partition coefficient (Wildman–Crippen LogP) is -0.585. The normalized spacial score (nSPS) is 10.5. The van der Waals surface area contributed by atoms with Crippen LogP contribution in [0.5, 0.6) is 0 Å². The quantitative estimate of drug-likeness (QED) is 0.372. The van der Waals surface area contributed by atoms with Crippen LogP contribution in [0.2, 0.25) is 0 Å². The molecule has 0 saturated heterocycles. The number of amides is 1. The first-order valence-electron chi connectivity index (χ1n) is 4.37. The summed E-state index contributed by atoms with van der Waals surface area (Å²) in [6, 6.07) is 0. The highest BCUT2D eigenvalue weighted by molar-refractivity contribution is 7.80. The number of nitrogens with two attached hydrogens (primary N) is 1. The van der Waals surface area contributed by atoms with E-state index < -0.39 is 16.3 Å². The number of primary amides is 1. The fourth-order valence-corrected chi connectivity index (χ4v) is 0.873. The Bertz CT molecular complexity index is 300. The number of nitrogens with zero attached hydrogens (tertiary/aromatic N) is 1. The summed E-state index contributed by atoms with van der Waals surface area (Å²) in [4.78, 5) is 11.4. The fourth-order valence-electron chi connectivity index (χ4n) is 0.545. The standard InChI is InChI=1S/C5H13NO4S.C3H5NO/c1-6(2)4-3-5-10-11(7,8)9;1-2-3(4)5/h3-5H2,1-2H3,(H,7,8,9);2H,1H2,(H2,4,5). The molecule has 0 heterocycles. The van der Waals surface area contributed by atoms with E-state index in [1.165, 1.54) is 0 Å². The molecule has 0 atom stereocenters. The summed E-state index contributed by atoms with van der Waals surface area (Å²) in [5, 5.41) is 0. The van der Waals surface area contributed by atoms with Crippen LogP contribution in [0.4, 0.5) is 0 Å². The van der Waals surface area contributed by atoms with Crippen LogP contribution < -0.4 is 5.73 Å². The molecule has 1 amide bonds. The molecule has 8 heteroatoms. The van der Waals surface area contributed by atoms with Gasteiger partial charge in [-0.2, -0.15) is 8.42 Å². The molecule has 0 fully saturated rings. The van der Waals surface area contributed by atoms with Gasteiger partial charge < -0.3 is 10.6 Å². The monoisotopic (exact) mass is 254 g/mol. The van der Waals surface area contributed by atoms with Crippen LogP contribution in [0.15, 0.2) is 12.7 Å². The van der Waals surface area contributed by atoms with Gasteiger partial charge in [0.05, 0.1) is 6.61 Å². The van der Waals surface area contributed by atoms with Crippen molar-refractivity contribution in [1.29, 1.82) is 0 Å². The molecule has 16 heavy (non-hydrogen) atoms. The van der Waals surface area contributed by atoms with Gasteiger partial charge in [-0.15, -0.1) is 0 Å². The largest absolute Gasteiger partial charge is 0.397 e. The lowest BCUT2D eigenvalue weighted by Gasteiger charge is -2.07. The highest BCUT2D eigenvalue weighted by Crippen LogP contribution is 1.90. The minimum absolute atomic E-state index is 0.0248. The van der Waals surface area contributed by atoms with Gasteiger partial charge in [0.2, 0.25) is 5.91 Å². The predicted molar refractivity (Wildman–Crippen MR) is 60.1 cm³/mol. The third-order valence-corrected chi connectivity index (χ3v) is 1.65.